The maximum atomic E-state index is 10.9. The Balaban J connectivity index is 2.01. The molecule has 0 aromatic heterocycles. The van der Waals surface area contributed by atoms with Gasteiger partial charge in [-0.3, -0.25) is 0 Å². The van der Waals surface area contributed by atoms with Crippen LogP contribution in [0.5, 0.6) is 0 Å². The summed E-state index contributed by atoms with van der Waals surface area (Å²) < 4.78 is 0. The molecule has 1 aliphatic heterocycles. The van der Waals surface area contributed by atoms with Gasteiger partial charge in [0, 0.05) is 0 Å². The molecule has 2 nitrogen and oxygen atoms in total. The lowest BCUT2D eigenvalue weighted by atomic mass is 9.80. The van der Waals surface area contributed by atoms with E-state index < -0.39 is 0 Å². The second kappa shape index (κ2) is 6.15. The lowest BCUT2D eigenvalue weighted by Crippen LogP contribution is -2.23. The Kier molecular flexibility index (Phi) is 4.28. The molecule has 2 aliphatic rings. The molecule has 3 rings (SSSR count). The largest absolute Gasteiger partial charge is 0.235 e. The molecular formula is C17H21NOS. The van der Waals surface area contributed by atoms with Gasteiger partial charge in [-0.25, -0.2) is 4.79 Å². The summed E-state index contributed by atoms with van der Waals surface area (Å²) in [6, 6.07) is 8.68. The third-order valence-electron chi connectivity index (χ3n) is 4.81. The van der Waals surface area contributed by atoms with Crippen molar-refractivity contribution in [3.8, 4) is 0 Å². The first kappa shape index (κ1) is 13.9. The Morgan fingerprint density at radius 3 is 2.55 bits per heavy atom. The molecule has 0 bridgehead atoms. The number of nitrogens with zero attached hydrogens (tertiary/aromatic N) is 1. The first-order valence-corrected chi connectivity index (χ1v) is 8.77. The molecular weight excluding hydrogens is 266 g/mol. The Labute approximate surface area is 125 Å². The standard InChI is InChI=1S/C17H21NOS/c19-13-18-17(9-3-4-10-17)16-6-2-1-5-15(16)14-7-11-20-12-8-14/h1-2,5-6,14H,3-4,7-12H2. The van der Waals surface area contributed by atoms with Gasteiger partial charge in [-0.15, -0.1) is 0 Å². The monoisotopic (exact) mass is 287 g/mol. The van der Waals surface area contributed by atoms with Crippen LogP contribution in [0.3, 0.4) is 0 Å². The molecule has 1 heterocycles. The third kappa shape index (κ3) is 2.57. The molecule has 1 saturated heterocycles. The second-order valence-electron chi connectivity index (χ2n) is 5.92. The van der Waals surface area contributed by atoms with Gasteiger partial charge >= 0.3 is 0 Å². The molecule has 3 heteroatoms. The Morgan fingerprint density at radius 2 is 1.85 bits per heavy atom. The highest BCUT2D eigenvalue weighted by molar-refractivity contribution is 7.99. The van der Waals surface area contributed by atoms with E-state index in [0.29, 0.717) is 5.92 Å². The van der Waals surface area contributed by atoms with Crippen molar-refractivity contribution in [3.63, 3.8) is 0 Å². The van der Waals surface area contributed by atoms with Crippen molar-refractivity contribution in [3.05, 3.63) is 35.4 Å². The van der Waals surface area contributed by atoms with Gasteiger partial charge < -0.3 is 0 Å². The number of benzene rings is 1. The molecule has 0 spiro atoms. The zero-order valence-electron chi connectivity index (χ0n) is 11.8. The molecule has 0 amide bonds. The number of aliphatic imine (C=N–C) groups is 1. The van der Waals surface area contributed by atoms with Crippen molar-refractivity contribution in [2.45, 2.75) is 50.0 Å². The van der Waals surface area contributed by atoms with Gasteiger partial charge in [-0.05, 0) is 54.2 Å². The van der Waals surface area contributed by atoms with E-state index in [0.717, 1.165) is 12.8 Å². The number of hydrogen-bond acceptors (Lipinski definition) is 3. The molecule has 106 valence electrons. The summed E-state index contributed by atoms with van der Waals surface area (Å²) in [5.41, 5.74) is 2.47. The lowest BCUT2D eigenvalue weighted by molar-refractivity contribution is 0.446. The second-order valence-corrected chi connectivity index (χ2v) is 7.14. The zero-order chi connectivity index (χ0) is 13.8. The van der Waals surface area contributed by atoms with Gasteiger partial charge in [0.1, 0.15) is 0 Å². The van der Waals surface area contributed by atoms with Crippen LogP contribution in [0, 0.1) is 0 Å². The molecule has 20 heavy (non-hydrogen) atoms. The summed E-state index contributed by atoms with van der Waals surface area (Å²) in [4.78, 5) is 15.2. The summed E-state index contributed by atoms with van der Waals surface area (Å²) in [5.74, 6) is 3.15. The van der Waals surface area contributed by atoms with Crippen molar-refractivity contribution in [2.24, 2.45) is 4.99 Å². The van der Waals surface area contributed by atoms with Crippen molar-refractivity contribution in [1.82, 2.24) is 0 Å². The summed E-state index contributed by atoms with van der Waals surface area (Å²) in [7, 11) is 0. The third-order valence-corrected chi connectivity index (χ3v) is 5.86. The van der Waals surface area contributed by atoms with Gasteiger partial charge in [-0.2, -0.15) is 16.8 Å². The molecule has 1 aromatic carbocycles. The molecule has 2 fully saturated rings. The van der Waals surface area contributed by atoms with Crippen LogP contribution in [0.25, 0.3) is 0 Å². The normalized spacial score (nSPS) is 22.4. The van der Waals surface area contributed by atoms with E-state index in [4.69, 9.17) is 0 Å². The quantitative estimate of drug-likeness (QED) is 0.609. The predicted octanol–water partition coefficient (Wildman–Crippen LogP) is 4.40. The lowest BCUT2D eigenvalue weighted by Gasteiger charge is -2.30. The van der Waals surface area contributed by atoms with E-state index in [1.54, 1.807) is 0 Å². The fourth-order valence-electron chi connectivity index (χ4n) is 3.77. The highest BCUT2D eigenvalue weighted by Crippen LogP contribution is 2.46. The van der Waals surface area contributed by atoms with Gasteiger partial charge in [0.2, 0.25) is 6.08 Å². The van der Waals surface area contributed by atoms with E-state index in [2.05, 4.69) is 41.0 Å². The molecule has 1 aliphatic carbocycles. The fourth-order valence-corrected chi connectivity index (χ4v) is 4.88. The van der Waals surface area contributed by atoms with Crippen LogP contribution < -0.4 is 0 Å². The Hall–Kier alpha value is -1.05. The number of hydrogen-bond donors (Lipinski definition) is 0. The molecule has 0 unspecified atom stereocenters. The molecule has 1 saturated carbocycles. The minimum absolute atomic E-state index is 0.275. The van der Waals surface area contributed by atoms with Crippen LogP contribution in [0.4, 0.5) is 0 Å². The minimum atomic E-state index is -0.275. The van der Waals surface area contributed by atoms with Crippen molar-refractivity contribution < 1.29 is 4.79 Å². The van der Waals surface area contributed by atoms with Crippen LogP contribution in [0.1, 0.15) is 55.6 Å². The summed E-state index contributed by atoms with van der Waals surface area (Å²) in [5, 5.41) is 0. The first-order valence-electron chi connectivity index (χ1n) is 7.62. The van der Waals surface area contributed by atoms with Gasteiger partial charge in [0.05, 0.1) is 5.54 Å². The maximum Gasteiger partial charge on any atom is 0.235 e. The molecule has 0 radical (unpaired) electrons. The van der Waals surface area contributed by atoms with Gasteiger partial charge in [0.15, 0.2) is 0 Å². The Bertz CT molecular complexity index is 509. The van der Waals surface area contributed by atoms with Crippen molar-refractivity contribution in [1.29, 1.82) is 0 Å². The number of isocyanates is 1. The van der Waals surface area contributed by atoms with E-state index in [-0.39, 0.29) is 5.54 Å². The predicted molar refractivity (Wildman–Crippen MR) is 84.0 cm³/mol. The Morgan fingerprint density at radius 1 is 1.15 bits per heavy atom. The van der Waals surface area contributed by atoms with Gasteiger partial charge in [-0.1, -0.05) is 37.1 Å². The molecule has 1 aromatic rings. The maximum absolute atomic E-state index is 10.9. The SMILES string of the molecule is O=C=NC1(c2ccccc2C2CCSCC2)CCCC1. The van der Waals surface area contributed by atoms with Crippen molar-refractivity contribution >= 4 is 17.8 Å². The van der Waals surface area contributed by atoms with Crippen LogP contribution in [0.2, 0.25) is 0 Å². The number of rotatable bonds is 3. The van der Waals surface area contributed by atoms with Crippen molar-refractivity contribution in [2.75, 3.05) is 11.5 Å². The zero-order valence-corrected chi connectivity index (χ0v) is 12.6. The van der Waals surface area contributed by atoms with Crippen LogP contribution in [-0.4, -0.2) is 17.6 Å². The van der Waals surface area contributed by atoms with Crippen LogP contribution >= 0.6 is 11.8 Å². The molecule has 0 atom stereocenters. The van der Waals surface area contributed by atoms with E-state index >= 15 is 0 Å². The van der Waals surface area contributed by atoms with E-state index in [1.165, 1.54) is 48.3 Å². The number of thioether (sulfide) groups is 1. The highest BCUT2D eigenvalue weighted by atomic mass is 32.2. The highest BCUT2D eigenvalue weighted by Gasteiger charge is 2.38. The average molecular weight is 287 g/mol. The number of carbonyl (C=O) groups excluding carboxylic acids is 1. The molecule has 0 N–H and O–H groups in total. The first-order chi connectivity index (χ1) is 9.86. The fraction of sp³-hybridized carbons (Fsp3) is 0.588. The van der Waals surface area contributed by atoms with E-state index in [1.807, 2.05) is 6.08 Å². The smallest absolute Gasteiger partial charge is 0.211 e. The van der Waals surface area contributed by atoms with Crippen LogP contribution in [-0.2, 0) is 10.3 Å². The summed E-state index contributed by atoms with van der Waals surface area (Å²) >= 11 is 2.06. The van der Waals surface area contributed by atoms with E-state index in [9.17, 15) is 4.79 Å². The average Bonchev–Trinajstić information content (AvgIpc) is 2.98. The summed E-state index contributed by atoms with van der Waals surface area (Å²) in [6.07, 6.45) is 8.69. The minimum Gasteiger partial charge on any atom is -0.211 e. The van der Waals surface area contributed by atoms with Gasteiger partial charge in [0.25, 0.3) is 0 Å². The topological polar surface area (TPSA) is 29.4 Å². The summed E-state index contributed by atoms with van der Waals surface area (Å²) in [6.45, 7) is 0. The van der Waals surface area contributed by atoms with Crippen LogP contribution in [0.15, 0.2) is 29.3 Å².